The fourth-order valence-corrected chi connectivity index (χ4v) is 4.15. The molecule has 1 unspecified atom stereocenters. The Morgan fingerprint density at radius 1 is 1.29 bits per heavy atom. The topological polar surface area (TPSA) is 138 Å². The highest BCUT2D eigenvalue weighted by atomic mass is 19.1. The van der Waals surface area contributed by atoms with Gasteiger partial charge in [0.25, 0.3) is 5.88 Å². The second kappa shape index (κ2) is 7.77. The standard InChI is InChI=1S/C23H19FN8O2/c1-11-15-7-13(24)4-5-14(15)20-12(10-31(2)23(33)29-20)6-16-19(18(8-25)32(3)30-16)17-9-27-21(26)22(28-17)34-11/h4-5,7,9-11H,6H2,1-3H3,(H2,26,27). The smallest absolute Gasteiger partial charge is 0.347 e. The Labute approximate surface area is 193 Å². The number of aryl methyl sites for hydroxylation is 2. The predicted octanol–water partition coefficient (Wildman–Crippen LogP) is 2.27. The van der Waals surface area contributed by atoms with Crippen LogP contribution in [0.25, 0.3) is 22.5 Å². The van der Waals surface area contributed by atoms with Crippen LogP contribution in [-0.2, 0) is 20.5 Å². The van der Waals surface area contributed by atoms with Crippen LogP contribution < -0.4 is 16.2 Å². The van der Waals surface area contributed by atoms with Gasteiger partial charge in [-0.15, -0.1) is 0 Å². The first-order valence-corrected chi connectivity index (χ1v) is 10.4. The summed E-state index contributed by atoms with van der Waals surface area (Å²) in [5, 5.41) is 14.3. The summed E-state index contributed by atoms with van der Waals surface area (Å²) in [7, 11) is 3.26. The number of benzene rings is 1. The van der Waals surface area contributed by atoms with E-state index in [1.165, 1.54) is 27.6 Å². The molecule has 0 saturated carbocycles. The molecule has 0 spiro atoms. The van der Waals surface area contributed by atoms with Gasteiger partial charge in [0.2, 0.25) is 0 Å². The summed E-state index contributed by atoms with van der Waals surface area (Å²) in [4.78, 5) is 25.5. The predicted molar refractivity (Wildman–Crippen MR) is 120 cm³/mol. The van der Waals surface area contributed by atoms with Gasteiger partial charge in [-0.2, -0.15) is 15.3 Å². The third-order valence-corrected chi connectivity index (χ3v) is 5.76. The van der Waals surface area contributed by atoms with E-state index in [9.17, 15) is 14.4 Å². The number of nitrogen functional groups attached to an aromatic ring is 1. The van der Waals surface area contributed by atoms with Crippen molar-refractivity contribution >= 4 is 5.82 Å². The first-order valence-electron chi connectivity index (χ1n) is 10.4. The number of anilines is 1. The molecule has 2 bridgehead atoms. The minimum absolute atomic E-state index is 0.0386. The Kier molecular flexibility index (Phi) is 4.86. The molecule has 10 nitrogen and oxygen atoms in total. The van der Waals surface area contributed by atoms with Crippen molar-refractivity contribution in [1.29, 1.82) is 5.26 Å². The molecule has 5 rings (SSSR count). The molecule has 170 valence electrons. The van der Waals surface area contributed by atoms with Crippen LogP contribution >= 0.6 is 0 Å². The van der Waals surface area contributed by atoms with E-state index in [1.807, 2.05) is 0 Å². The summed E-state index contributed by atoms with van der Waals surface area (Å²) in [5.41, 5.74) is 9.25. The second-order valence-corrected chi connectivity index (χ2v) is 8.03. The van der Waals surface area contributed by atoms with Crippen LogP contribution in [0.3, 0.4) is 0 Å². The lowest BCUT2D eigenvalue weighted by Crippen LogP contribution is -2.22. The molecule has 0 aliphatic carbocycles. The first-order chi connectivity index (χ1) is 16.3. The van der Waals surface area contributed by atoms with Gasteiger partial charge in [-0.1, -0.05) is 0 Å². The zero-order valence-electron chi connectivity index (χ0n) is 18.6. The van der Waals surface area contributed by atoms with E-state index in [4.69, 9.17) is 10.5 Å². The molecular weight excluding hydrogens is 439 g/mol. The Balaban J connectivity index is 1.88. The van der Waals surface area contributed by atoms with E-state index >= 15 is 0 Å². The summed E-state index contributed by atoms with van der Waals surface area (Å²) in [6.45, 7) is 1.72. The Bertz CT molecular complexity index is 1570. The van der Waals surface area contributed by atoms with Gasteiger partial charge in [-0.3, -0.25) is 4.68 Å². The molecule has 2 N–H and O–H groups in total. The molecule has 0 radical (unpaired) electrons. The molecule has 0 fully saturated rings. The molecule has 11 heteroatoms. The van der Waals surface area contributed by atoms with Gasteiger partial charge in [0.05, 0.1) is 28.8 Å². The van der Waals surface area contributed by atoms with Crippen LogP contribution in [0, 0.1) is 17.1 Å². The average Bonchev–Trinajstić information content (AvgIpc) is 3.11. The van der Waals surface area contributed by atoms with E-state index in [-0.39, 0.29) is 23.8 Å². The molecule has 0 amide bonds. The van der Waals surface area contributed by atoms with Gasteiger partial charge >= 0.3 is 5.69 Å². The number of rotatable bonds is 0. The summed E-state index contributed by atoms with van der Waals surface area (Å²) in [5.74, 6) is -0.385. The van der Waals surface area contributed by atoms with E-state index < -0.39 is 17.6 Å². The molecule has 4 heterocycles. The minimum Gasteiger partial charge on any atom is -0.467 e. The van der Waals surface area contributed by atoms with Gasteiger partial charge in [0.15, 0.2) is 5.82 Å². The fraction of sp³-hybridized carbons (Fsp3) is 0.217. The molecule has 1 aromatic carbocycles. The maximum absolute atomic E-state index is 14.3. The third-order valence-electron chi connectivity index (χ3n) is 5.76. The number of halogens is 1. The molecule has 34 heavy (non-hydrogen) atoms. The van der Waals surface area contributed by atoms with Gasteiger partial charge in [0, 0.05) is 43.4 Å². The van der Waals surface area contributed by atoms with Crippen molar-refractivity contribution in [2.75, 3.05) is 5.73 Å². The lowest BCUT2D eigenvalue weighted by molar-refractivity contribution is 0.218. The highest BCUT2D eigenvalue weighted by molar-refractivity contribution is 5.72. The van der Waals surface area contributed by atoms with E-state index in [2.05, 4.69) is 26.1 Å². The van der Waals surface area contributed by atoms with Gasteiger partial charge in [-0.25, -0.2) is 19.2 Å². The van der Waals surface area contributed by atoms with Crippen LogP contribution in [0.4, 0.5) is 10.2 Å². The SMILES string of the molecule is CC1Oc2nc(cnc2N)-c2c(nn(C)c2C#N)Cc2cn(C)c(=O)nc2-c2ccc(F)cc21. The molecule has 1 aliphatic heterocycles. The largest absolute Gasteiger partial charge is 0.467 e. The monoisotopic (exact) mass is 458 g/mol. The van der Waals surface area contributed by atoms with Crippen molar-refractivity contribution in [3.8, 4) is 34.5 Å². The third kappa shape index (κ3) is 3.36. The number of hydrogen-bond donors (Lipinski definition) is 1. The van der Waals surface area contributed by atoms with Crippen LogP contribution in [0.5, 0.6) is 5.88 Å². The van der Waals surface area contributed by atoms with Crippen LogP contribution in [-0.4, -0.2) is 29.3 Å². The van der Waals surface area contributed by atoms with E-state index in [0.29, 0.717) is 39.3 Å². The van der Waals surface area contributed by atoms with E-state index in [1.54, 1.807) is 33.3 Å². The highest BCUT2D eigenvalue weighted by Crippen LogP contribution is 2.37. The molecule has 1 atom stereocenters. The number of nitrogens with zero attached hydrogens (tertiary/aromatic N) is 7. The number of nitriles is 1. The van der Waals surface area contributed by atoms with Crippen molar-refractivity contribution in [2.45, 2.75) is 19.4 Å². The van der Waals surface area contributed by atoms with Crippen molar-refractivity contribution in [2.24, 2.45) is 14.1 Å². The maximum Gasteiger partial charge on any atom is 0.347 e. The zero-order chi connectivity index (χ0) is 24.1. The molecule has 4 aromatic rings. The summed E-state index contributed by atoms with van der Waals surface area (Å²) < 4.78 is 23.1. The number of hydrogen-bond acceptors (Lipinski definition) is 8. The van der Waals surface area contributed by atoms with Crippen molar-refractivity contribution < 1.29 is 9.13 Å². The second-order valence-electron chi connectivity index (χ2n) is 8.03. The Hall–Kier alpha value is -4.59. The fourth-order valence-electron chi connectivity index (χ4n) is 4.15. The van der Waals surface area contributed by atoms with Crippen molar-refractivity contribution in [3.05, 3.63) is 69.4 Å². The summed E-state index contributed by atoms with van der Waals surface area (Å²) in [6, 6.07) is 6.36. The maximum atomic E-state index is 14.3. The lowest BCUT2D eigenvalue weighted by Gasteiger charge is -2.21. The molecule has 0 saturated heterocycles. The minimum atomic E-state index is -0.709. The summed E-state index contributed by atoms with van der Waals surface area (Å²) in [6.07, 6.45) is 2.64. The van der Waals surface area contributed by atoms with Crippen LogP contribution in [0.15, 0.2) is 35.4 Å². The number of ether oxygens (including phenoxy) is 1. The normalized spacial score (nSPS) is 14.5. The number of fused-ring (bicyclic) bond motifs is 7. The molecule has 1 aliphatic rings. The molecule has 3 aromatic heterocycles. The Morgan fingerprint density at radius 2 is 2.09 bits per heavy atom. The average molecular weight is 458 g/mol. The van der Waals surface area contributed by atoms with Crippen LogP contribution in [0.2, 0.25) is 0 Å². The van der Waals surface area contributed by atoms with Gasteiger partial charge in [-0.05, 0) is 25.1 Å². The van der Waals surface area contributed by atoms with Gasteiger partial charge < -0.3 is 15.0 Å². The number of aromatic nitrogens is 6. The quantitative estimate of drug-likeness (QED) is 0.424. The van der Waals surface area contributed by atoms with Gasteiger partial charge in [0.1, 0.15) is 23.7 Å². The summed E-state index contributed by atoms with van der Waals surface area (Å²) >= 11 is 0. The zero-order valence-corrected chi connectivity index (χ0v) is 18.6. The highest BCUT2D eigenvalue weighted by Gasteiger charge is 2.26. The van der Waals surface area contributed by atoms with Crippen LogP contribution in [0.1, 0.15) is 35.5 Å². The van der Waals surface area contributed by atoms with Crippen molar-refractivity contribution in [3.63, 3.8) is 0 Å². The molecular formula is C23H19FN8O2. The van der Waals surface area contributed by atoms with E-state index in [0.717, 1.165) is 0 Å². The number of nitrogens with two attached hydrogens (primary N) is 1. The lowest BCUT2D eigenvalue weighted by atomic mass is 9.95. The first kappa shape index (κ1) is 21.3. The van der Waals surface area contributed by atoms with Crippen molar-refractivity contribution in [1.82, 2.24) is 29.3 Å². The Morgan fingerprint density at radius 3 is 2.85 bits per heavy atom.